The van der Waals surface area contributed by atoms with Gasteiger partial charge in [-0.15, -0.1) is 0 Å². The van der Waals surface area contributed by atoms with E-state index in [0.717, 1.165) is 30.2 Å². The number of hydrogen-bond donors (Lipinski definition) is 1. The molecule has 1 aliphatic heterocycles. The minimum absolute atomic E-state index is 0.0428. The van der Waals surface area contributed by atoms with E-state index >= 15 is 0 Å². The molecule has 8 heteroatoms. The number of aryl methyl sites for hydroxylation is 1. The Morgan fingerprint density at radius 2 is 2.25 bits per heavy atom. The zero-order valence-corrected chi connectivity index (χ0v) is 17.5. The lowest BCUT2D eigenvalue weighted by Gasteiger charge is -2.24. The Bertz CT molecular complexity index is 796. The molecule has 0 spiro atoms. The monoisotopic (exact) mass is 405 g/mol. The number of nitrogens with one attached hydrogen (secondary N) is 1. The van der Waals surface area contributed by atoms with Gasteiger partial charge in [-0.3, -0.25) is 9.69 Å². The first kappa shape index (κ1) is 20.8. The fourth-order valence-electron chi connectivity index (χ4n) is 3.40. The van der Waals surface area contributed by atoms with E-state index in [1.54, 1.807) is 30.1 Å². The fourth-order valence-corrected chi connectivity index (χ4v) is 4.59. The summed E-state index contributed by atoms with van der Waals surface area (Å²) in [6.07, 6.45) is 4.46. The summed E-state index contributed by atoms with van der Waals surface area (Å²) in [7, 11) is 5.94. The molecule has 1 N–H and O–H groups in total. The Balaban J connectivity index is 1.69. The molecular weight excluding hydrogens is 377 g/mol. The maximum atomic E-state index is 13.6. The average molecular weight is 406 g/mol. The van der Waals surface area contributed by atoms with Gasteiger partial charge in [-0.05, 0) is 38.2 Å². The van der Waals surface area contributed by atoms with Gasteiger partial charge in [-0.1, -0.05) is 23.9 Å². The van der Waals surface area contributed by atoms with Gasteiger partial charge in [-0.25, -0.2) is 9.37 Å². The van der Waals surface area contributed by atoms with Crippen LogP contribution in [0.15, 0.2) is 41.8 Å². The van der Waals surface area contributed by atoms with Crippen molar-refractivity contribution in [3.8, 4) is 0 Å². The van der Waals surface area contributed by atoms with Gasteiger partial charge in [0.2, 0.25) is 5.91 Å². The molecule has 2 atom stereocenters. The molecule has 3 rings (SSSR count). The zero-order chi connectivity index (χ0) is 20.1. The highest BCUT2D eigenvalue weighted by Gasteiger charge is 2.37. The third kappa shape index (κ3) is 5.56. The quantitative estimate of drug-likeness (QED) is 0.728. The predicted octanol–water partition coefficient (Wildman–Crippen LogP) is 1.97. The van der Waals surface area contributed by atoms with Crippen molar-refractivity contribution in [1.29, 1.82) is 0 Å². The van der Waals surface area contributed by atoms with Crippen molar-refractivity contribution in [1.82, 2.24) is 24.7 Å². The lowest BCUT2D eigenvalue weighted by Crippen LogP contribution is -2.44. The fraction of sp³-hybridized carbons (Fsp3) is 0.500. The lowest BCUT2D eigenvalue weighted by atomic mass is 10.1. The van der Waals surface area contributed by atoms with Gasteiger partial charge in [0.05, 0.1) is 6.04 Å². The van der Waals surface area contributed by atoms with E-state index in [1.807, 2.05) is 42.9 Å². The van der Waals surface area contributed by atoms with Crippen molar-refractivity contribution in [2.75, 3.05) is 33.7 Å². The highest BCUT2D eigenvalue weighted by Crippen LogP contribution is 2.33. The average Bonchev–Trinajstić information content (AvgIpc) is 3.21. The summed E-state index contributed by atoms with van der Waals surface area (Å²) in [4.78, 5) is 21.4. The molecule has 1 aliphatic rings. The maximum absolute atomic E-state index is 13.6. The van der Waals surface area contributed by atoms with E-state index in [4.69, 9.17) is 0 Å². The second kappa shape index (κ2) is 9.54. The van der Waals surface area contributed by atoms with E-state index in [1.165, 1.54) is 6.07 Å². The SMILES string of the molecule is CN(C)CCNC(=O)[C@@H]1C[C@@H](Sc2nccn2C)CN1Cc1cccc(F)c1. The van der Waals surface area contributed by atoms with Crippen molar-refractivity contribution in [2.45, 2.75) is 29.4 Å². The number of rotatable bonds is 8. The number of nitrogens with zero attached hydrogens (tertiary/aromatic N) is 4. The van der Waals surface area contributed by atoms with Crippen LogP contribution >= 0.6 is 11.8 Å². The third-order valence-corrected chi connectivity index (χ3v) is 6.13. The molecule has 1 amide bonds. The largest absolute Gasteiger partial charge is 0.353 e. The van der Waals surface area contributed by atoms with Gasteiger partial charge in [0.15, 0.2) is 5.16 Å². The molecular formula is C20H28FN5OS. The standard InChI is InChI=1S/C20H28FN5OS/c1-24(2)9-7-22-19(27)18-12-17(28-20-23-8-10-25(20)3)14-26(18)13-15-5-4-6-16(21)11-15/h4-6,8,10-11,17-18H,7,9,12-14H2,1-3H3,(H,22,27)/t17-,18+/m1/s1. The minimum atomic E-state index is -0.248. The Labute approximate surface area is 170 Å². The Kier molecular flexibility index (Phi) is 7.09. The van der Waals surface area contributed by atoms with Crippen LogP contribution in [0.4, 0.5) is 4.39 Å². The van der Waals surface area contributed by atoms with Crippen molar-refractivity contribution < 1.29 is 9.18 Å². The van der Waals surface area contributed by atoms with Gasteiger partial charge in [0.25, 0.3) is 0 Å². The number of likely N-dealkylation sites (N-methyl/N-ethyl adjacent to an activating group) is 1. The summed E-state index contributed by atoms with van der Waals surface area (Å²) in [6, 6.07) is 6.39. The molecule has 1 fully saturated rings. The van der Waals surface area contributed by atoms with Crippen molar-refractivity contribution in [2.24, 2.45) is 7.05 Å². The van der Waals surface area contributed by atoms with Crippen molar-refractivity contribution in [3.05, 3.63) is 48.0 Å². The molecule has 2 aromatic rings. The lowest BCUT2D eigenvalue weighted by molar-refractivity contribution is -0.125. The van der Waals surface area contributed by atoms with Crippen LogP contribution in [0, 0.1) is 5.82 Å². The summed E-state index contributed by atoms with van der Waals surface area (Å²) in [5.41, 5.74) is 0.883. The number of thioether (sulfide) groups is 1. The zero-order valence-electron chi connectivity index (χ0n) is 16.6. The van der Waals surface area contributed by atoms with Crippen LogP contribution in [0.5, 0.6) is 0 Å². The molecule has 0 unspecified atom stereocenters. The van der Waals surface area contributed by atoms with Crippen LogP contribution in [-0.4, -0.2) is 70.3 Å². The number of carbonyl (C=O) groups excluding carboxylic acids is 1. The second-order valence-corrected chi connectivity index (χ2v) is 8.73. The van der Waals surface area contributed by atoms with Crippen molar-refractivity contribution in [3.63, 3.8) is 0 Å². The molecule has 0 radical (unpaired) electrons. The first-order valence-corrected chi connectivity index (χ1v) is 10.3. The molecule has 6 nitrogen and oxygen atoms in total. The Hall–Kier alpha value is -1.90. The van der Waals surface area contributed by atoms with Crippen LogP contribution in [0.3, 0.4) is 0 Å². The van der Waals surface area contributed by atoms with Gasteiger partial charge in [0, 0.05) is 50.9 Å². The van der Waals surface area contributed by atoms with Gasteiger partial charge in [-0.2, -0.15) is 0 Å². The summed E-state index contributed by atoms with van der Waals surface area (Å²) < 4.78 is 15.6. The van der Waals surface area contributed by atoms with Gasteiger partial charge >= 0.3 is 0 Å². The third-order valence-electron chi connectivity index (χ3n) is 4.85. The number of imidazole rings is 1. The number of benzene rings is 1. The van der Waals surface area contributed by atoms with Crippen LogP contribution in [0.1, 0.15) is 12.0 Å². The summed E-state index contributed by atoms with van der Waals surface area (Å²) in [5, 5.41) is 4.26. The normalized spacial score (nSPS) is 20.0. The number of amides is 1. The van der Waals surface area contributed by atoms with E-state index in [-0.39, 0.29) is 23.0 Å². The molecule has 1 aromatic heterocycles. The molecule has 28 heavy (non-hydrogen) atoms. The van der Waals surface area contributed by atoms with Crippen LogP contribution in [0.25, 0.3) is 0 Å². The maximum Gasteiger partial charge on any atom is 0.237 e. The molecule has 2 heterocycles. The van der Waals surface area contributed by atoms with Crippen LogP contribution in [0.2, 0.25) is 0 Å². The smallest absolute Gasteiger partial charge is 0.237 e. The molecule has 0 aliphatic carbocycles. The molecule has 0 bridgehead atoms. The number of halogens is 1. The molecule has 152 valence electrons. The first-order chi connectivity index (χ1) is 13.4. The number of carbonyl (C=O) groups is 1. The first-order valence-electron chi connectivity index (χ1n) is 9.47. The Morgan fingerprint density at radius 3 is 2.93 bits per heavy atom. The topological polar surface area (TPSA) is 53.4 Å². The summed E-state index contributed by atoms with van der Waals surface area (Å²) in [6.45, 7) is 2.74. The number of likely N-dealkylation sites (tertiary alicyclic amines) is 1. The number of hydrogen-bond acceptors (Lipinski definition) is 5. The van der Waals surface area contributed by atoms with Crippen molar-refractivity contribution >= 4 is 17.7 Å². The van der Waals surface area contributed by atoms with Crippen LogP contribution in [-0.2, 0) is 18.4 Å². The van der Waals surface area contributed by atoms with Crippen LogP contribution < -0.4 is 5.32 Å². The summed E-state index contributed by atoms with van der Waals surface area (Å²) >= 11 is 1.70. The molecule has 1 aromatic carbocycles. The Morgan fingerprint density at radius 1 is 1.43 bits per heavy atom. The van der Waals surface area contributed by atoms with Gasteiger partial charge < -0.3 is 14.8 Å². The van der Waals surface area contributed by atoms with Gasteiger partial charge in [0.1, 0.15) is 5.82 Å². The van der Waals surface area contributed by atoms with E-state index in [9.17, 15) is 9.18 Å². The minimum Gasteiger partial charge on any atom is -0.353 e. The van der Waals surface area contributed by atoms with E-state index in [2.05, 4.69) is 15.2 Å². The highest BCUT2D eigenvalue weighted by atomic mass is 32.2. The number of aromatic nitrogens is 2. The second-order valence-electron chi connectivity index (χ2n) is 7.47. The molecule has 0 saturated carbocycles. The highest BCUT2D eigenvalue weighted by molar-refractivity contribution is 7.99. The van der Waals surface area contributed by atoms with E-state index < -0.39 is 0 Å². The molecule has 1 saturated heterocycles. The summed E-state index contributed by atoms with van der Waals surface area (Å²) in [5.74, 6) is -0.205. The predicted molar refractivity (Wildman–Crippen MR) is 110 cm³/mol. The van der Waals surface area contributed by atoms with E-state index in [0.29, 0.717) is 13.1 Å².